The first-order valence-electron chi connectivity index (χ1n) is 12.7. The molecule has 2 fully saturated rings. The summed E-state index contributed by atoms with van der Waals surface area (Å²) in [6.45, 7) is 3.91. The molecule has 0 bridgehead atoms. The predicted octanol–water partition coefficient (Wildman–Crippen LogP) is 3.81. The molecule has 2 heterocycles. The lowest BCUT2D eigenvalue weighted by molar-refractivity contribution is -0.131. The Morgan fingerprint density at radius 1 is 1.05 bits per heavy atom. The van der Waals surface area contributed by atoms with Crippen LogP contribution in [-0.4, -0.2) is 60.3 Å². The normalized spacial score (nSPS) is 20.1. The lowest BCUT2D eigenvalue weighted by Crippen LogP contribution is -2.47. The van der Waals surface area contributed by atoms with Crippen LogP contribution in [0.2, 0.25) is 5.02 Å². The van der Waals surface area contributed by atoms with Crippen molar-refractivity contribution in [3.05, 3.63) is 95.0 Å². The number of nitrogens with one attached hydrogen (secondary N) is 2. The maximum absolute atomic E-state index is 13.6. The summed E-state index contributed by atoms with van der Waals surface area (Å²) in [5.41, 5.74) is 5.58. The zero-order valence-electron chi connectivity index (χ0n) is 21.4. The van der Waals surface area contributed by atoms with E-state index < -0.39 is 11.3 Å². The number of anilines is 1. The Morgan fingerprint density at radius 2 is 1.74 bits per heavy atom. The van der Waals surface area contributed by atoms with E-state index in [9.17, 15) is 14.4 Å². The highest BCUT2D eigenvalue weighted by Gasteiger charge is 2.44. The smallest absolute Gasteiger partial charge is 0.265 e. The van der Waals surface area contributed by atoms with Crippen LogP contribution in [0.5, 0.6) is 0 Å². The van der Waals surface area contributed by atoms with Gasteiger partial charge in [0.1, 0.15) is 6.04 Å². The van der Waals surface area contributed by atoms with E-state index in [0.717, 1.165) is 35.1 Å². The van der Waals surface area contributed by atoms with Crippen molar-refractivity contribution in [2.24, 2.45) is 0 Å². The number of rotatable bonds is 8. The van der Waals surface area contributed by atoms with Gasteiger partial charge in [0.05, 0.1) is 17.7 Å². The number of carbonyl (C=O) groups excluding carboxylic acids is 3. The number of hydrazine groups is 1. The van der Waals surface area contributed by atoms with Gasteiger partial charge in [-0.2, -0.15) is 0 Å². The molecule has 3 atom stereocenters. The summed E-state index contributed by atoms with van der Waals surface area (Å²) in [6, 6.07) is 24.3. The molecule has 3 amide bonds. The summed E-state index contributed by atoms with van der Waals surface area (Å²) in [4.78, 5) is 40.8. The van der Waals surface area contributed by atoms with Crippen LogP contribution >= 0.6 is 23.4 Å². The first-order valence-corrected chi connectivity index (χ1v) is 14.0. The second kappa shape index (κ2) is 12.1. The molecule has 3 unspecified atom stereocenters. The third-order valence-electron chi connectivity index (χ3n) is 6.68. The number of ether oxygens (including phenoxy) is 1. The fourth-order valence-electron chi connectivity index (χ4n) is 4.76. The quantitative estimate of drug-likeness (QED) is 0.404. The van der Waals surface area contributed by atoms with Crippen molar-refractivity contribution < 1.29 is 19.1 Å². The third kappa shape index (κ3) is 6.21. The molecule has 0 spiro atoms. The number of amides is 3. The Kier molecular flexibility index (Phi) is 8.40. The second-order valence-electron chi connectivity index (χ2n) is 9.39. The van der Waals surface area contributed by atoms with Gasteiger partial charge in [0.2, 0.25) is 5.91 Å². The van der Waals surface area contributed by atoms with E-state index in [0.29, 0.717) is 29.6 Å². The highest BCUT2D eigenvalue weighted by molar-refractivity contribution is 8.01. The molecule has 2 N–H and O–H groups in total. The largest absolute Gasteiger partial charge is 0.373 e. The minimum absolute atomic E-state index is 0.0805. The number of hydrogen-bond donors (Lipinski definition) is 2. The van der Waals surface area contributed by atoms with Crippen LogP contribution in [0, 0.1) is 0 Å². The van der Waals surface area contributed by atoms with Crippen LogP contribution in [0.15, 0.2) is 83.8 Å². The van der Waals surface area contributed by atoms with Crippen LogP contribution in [0.4, 0.5) is 5.69 Å². The highest BCUT2D eigenvalue weighted by atomic mass is 35.5. The van der Waals surface area contributed by atoms with Crippen molar-refractivity contribution in [1.82, 2.24) is 15.8 Å². The van der Waals surface area contributed by atoms with E-state index in [2.05, 4.69) is 15.6 Å². The Bertz CT molecular complexity index is 1340. The average molecular weight is 565 g/mol. The number of benzene rings is 3. The van der Waals surface area contributed by atoms with Gasteiger partial charge >= 0.3 is 0 Å². The summed E-state index contributed by atoms with van der Waals surface area (Å²) in [7, 11) is 0. The Morgan fingerprint density at radius 3 is 2.46 bits per heavy atom. The summed E-state index contributed by atoms with van der Waals surface area (Å²) in [5.74, 6) is -0.777. The van der Waals surface area contributed by atoms with Gasteiger partial charge in [0.25, 0.3) is 11.8 Å². The SMILES string of the molecule is CC(=O)NCC1CN(c2ccc(C(c3ccccc3)N3NC(=O)C(Sc4ccccc4Cl)C3=O)cc2)CCO1. The number of hydrogen-bond acceptors (Lipinski definition) is 6. The number of carbonyl (C=O) groups is 3. The lowest BCUT2D eigenvalue weighted by atomic mass is 9.97. The molecule has 2 aliphatic heterocycles. The Hall–Kier alpha value is -3.53. The number of nitrogens with zero attached hydrogens (tertiary/aromatic N) is 2. The molecule has 0 radical (unpaired) electrons. The number of morpholine rings is 1. The fraction of sp³-hybridized carbons (Fsp3) is 0.276. The van der Waals surface area contributed by atoms with Gasteiger partial charge in [0, 0.05) is 37.1 Å². The summed E-state index contributed by atoms with van der Waals surface area (Å²) in [6.07, 6.45) is -0.0932. The lowest BCUT2D eigenvalue weighted by Gasteiger charge is -2.35. The topological polar surface area (TPSA) is 91.0 Å². The Labute approximate surface area is 236 Å². The molecule has 39 heavy (non-hydrogen) atoms. The van der Waals surface area contributed by atoms with E-state index in [1.807, 2.05) is 66.7 Å². The number of thioether (sulfide) groups is 1. The minimum atomic E-state index is -0.940. The van der Waals surface area contributed by atoms with Gasteiger partial charge in [0.15, 0.2) is 5.25 Å². The van der Waals surface area contributed by atoms with Gasteiger partial charge in [-0.25, -0.2) is 5.01 Å². The van der Waals surface area contributed by atoms with Gasteiger partial charge < -0.3 is 15.0 Å². The average Bonchev–Trinajstić information content (AvgIpc) is 3.22. The molecule has 5 rings (SSSR count). The summed E-state index contributed by atoms with van der Waals surface area (Å²) >= 11 is 7.45. The molecule has 0 saturated carbocycles. The highest BCUT2D eigenvalue weighted by Crippen LogP contribution is 2.37. The minimum Gasteiger partial charge on any atom is -0.373 e. The van der Waals surface area contributed by atoms with Crippen molar-refractivity contribution in [3.63, 3.8) is 0 Å². The van der Waals surface area contributed by atoms with Crippen molar-refractivity contribution in [2.75, 3.05) is 31.1 Å². The van der Waals surface area contributed by atoms with Crippen molar-refractivity contribution in [1.29, 1.82) is 0 Å². The van der Waals surface area contributed by atoms with E-state index in [4.69, 9.17) is 16.3 Å². The fourth-order valence-corrected chi connectivity index (χ4v) is 6.00. The second-order valence-corrected chi connectivity index (χ2v) is 10.9. The summed E-state index contributed by atoms with van der Waals surface area (Å²) in [5, 5.41) is 3.81. The third-order valence-corrected chi connectivity index (χ3v) is 8.38. The predicted molar refractivity (Wildman–Crippen MR) is 151 cm³/mol. The molecule has 2 aliphatic rings. The standard InChI is InChI=1S/C29H29ClN4O4S/c1-19(35)31-17-23-18-33(15-16-38-23)22-13-11-21(12-14-22)26(20-7-3-2-4-8-20)34-29(37)27(28(36)32-34)39-25-10-6-5-9-24(25)30/h2-14,23,26-27H,15-18H2,1H3,(H,31,35)(H,32,36). The van der Waals surface area contributed by atoms with E-state index in [1.165, 1.54) is 11.9 Å². The molecule has 2 saturated heterocycles. The molecule has 10 heteroatoms. The van der Waals surface area contributed by atoms with Crippen molar-refractivity contribution in [3.8, 4) is 0 Å². The maximum Gasteiger partial charge on any atom is 0.265 e. The van der Waals surface area contributed by atoms with Crippen molar-refractivity contribution in [2.45, 2.75) is 29.2 Å². The molecule has 8 nitrogen and oxygen atoms in total. The first kappa shape index (κ1) is 27.1. The van der Waals surface area contributed by atoms with Gasteiger partial charge in [-0.1, -0.05) is 66.2 Å². The number of halogens is 1. The van der Waals surface area contributed by atoms with Crippen LogP contribution in [0.25, 0.3) is 0 Å². The van der Waals surface area contributed by atoms with Gasteiger partial charge in [-0.15, -0.1) is 11.8 Å². The molecule has 0 aliphatic carbocycles. The molecule has 3 aromatic carbocycles. The van der Waals surface area contributed by atoms with E-state index in [1.54, 1.807) is 12.1 Å². The van der Waals surface area contributed by atoms with E-state index in [-0.39, 0.29) is 23.8 Å². The van der Waals surface area contributed by atoms with Crippen LogP contribution in [0.3, 0.4) is 0 Å². The van der Waals surface area contributed by atoms with Gasteiger partial charge in [-0.05, 0) is 35.4 Å². The molecular weight excluding hydrogens is 536 g/mol. The monoisotopic (exact) mass is 564 g/mol. The summed E-state index contributed by atoms with van der Waals surface area (Å²) < 4.78 is 5.80. The van der Waals surface area contributed by atoms with Crippen LogP contribution < -0.4 is 15.6 Å². The Balaban J connectivity index is 1.37. The van der Waals surface area contributed by atoms with Crippen molar-refractivity contribution >= 4 is 46.8 Å². The van der Waals surface area contributed by atoms with Gasteiger partial charge in [-0.3, -0.25) is 19.8 Å². The maximum atomic E-state index is 13.6. The molecule has 0 aromatic heterocycles. The molecule has 202 valence electrons. The first-order chi connectivity index (χ1) is 18.9. The zero-order valence-corrected chi connectivity index (χ0v) is 23.0. The van der Waals surface area contributed by atoms with Crippen LogP contribution in [-0.2, 0) is 19.1 Å². The van der Waals surface area contributed by atoms with Crippen LogP contribution in [0.1, 0.15) is 24.1 Å². The molecule has 3 aromatic rings. The van der Waals surface area contributed by atoms with E-state index >= 15 is 0 Å². The molecular formula is C29H29ClN4O4S. The zero-order chi connectivity index (χ0) is 27.4.